The van der Waals surface area contributed by atoms with E-state index >= 15 is 0 Å². The number of aliphatic hydroxyl groups excluding tert-OH is 4. The van der Waals surface area contributed by atoms with Gasteiger partial charge in [0.1, 0.15) is 90.4 Å². The number of aliphatic hydroxyl groups is 4. The van der Waals surface area contributed by atoms with Gasteiger partial charge in [-0.15, -0.1) is 0 Å². The Labute approximate surface area is 439 Å². The van der Waals surface area contributed by atoms with E-state index < -0.39 is 87.4 Å². The number of fused-ring (bicyclic) bond motifs is 2. The summed E-state index contributed by atoms with van der Waals surface area (Å²) in [5.41, 5.74) is 8.23. The lowest BCUT2D eigenvalue weighted by Crippen LogP contribution is -2.41. The topological polar surface area (TPSA) is 346 Å². The van der Waals surface area contributed by atoms with Gasteiger partial charge in [-0.3, -0.25) is 13.6 Å². The summed E-state index contributed by atoms with van der Waals surface area (Å²) >= 11 is 0. The number of phosphoric ester groups is 1. The molecule has 2 saturated heterocycles. The third-order valence-corrected chi connectivity index (χ3v) is 15.2. The molecule has 0 radical (unpaired) electrons. The van der Waals surface area contributed by atoms with Gasteiger partial charge in [-0.25, -0.2) is 28.0 Å². The number of halogens is 1. The second-order valence-electron chi connectivity index (χ2n) is 19.1. The van der Waals surface area contributed by atoms with Gasteiger partial charge in [0.15, 0.2) is 11.6 Å². The fraction of sp³-hybridized carbons (Fsp3) is 0.588. The summed E-state index contributed by atoms with van der Waals surface area (Å²) in [5.74, 6) is -0.604. The highest BCUT2D eigenvalue weighted by Gasteiger charge is 2.59. The molecule has 5 aromatic rings. The first-order valence-corrected chi connectivity index (χ1v) is 27.2. The molecular weight excluding hydrogens is 1010 g/mol. The van der Waals surface area contributed by atoms with Gasteiger partial charge in [0.2, 0.25) is 11.2 Å². The zero-order valence-electron chi connectivity index (χ0n) is 42.4. The Morgan fingerprint density at radius 2 is 1.20 bits per heavy atom. The third-order valence-electron chi connectivity index (χ3n) is 13.8. The second kappa shape index (κ2) is 27.0. The second-order valence-corrected chi connectivity index (χ2v) is 20.7. The molecule has 23 nitrogen and oxygen atoms in total. The Morgan fingerprint density at radius 3 is 1.67 bits per heavy atom. The summed E-state index contributed by atoms with van der Waals surface area (Å²) in [6.45, 7) is 0.0552. The molecule has 8 N–H and O–H groups in total. The standard InChI is InChI=1S/C51H67FN11O12P/c1-2-3-4-5-6-7-8-9-10-11-12-13-14-15-22-69-26-36(70-25-34-16-17-37(52)35(23-34)24-53)27-71-76(68,72-28-40-44(64)46(66)50(30-54,74-40)42-20-18-38-48(56)58-32-60-62(38)42)73-29-41-45(65)47(67)51(31-55,75-41)43-21-19-39-49(57)59-33-61-63(39)43/h16-21,23,32-33,36,40-41,44-47,64-67H,2-15,22,25-29H2,1H3,(H2,56,58,60)(H2,57,59,61)/t36-,40-,41-,44-,45-,46-,47-,50+,51+/m1/s1. The molecule has 1 aromatic carbocycles. The van der Waals surface area contributed by atoms with Gasteiger partial charge in [0, 0.05) is 6.61 Å². The van der Waals surface area contributed by atoms with Crippen LogP contribution in [0.2, 0.25) is 0 Å². The summed E-state index contributed by atoms with van der Waals surface area (Å²) in [7, 11) is -5.00. The molecule has 6 heterocycles. The minimum atomic E-state index is -5.00. The maximum absolute atomic E-state index is 14.9. The molecule has 0 unspecified atom stereocenters. The predicted molar refractivity (Wildman–Crippen MR) is 269 cm³/mol. The van der Waals surface area contributed by atoms with Crippen LogP contribution in [-0.4, -0.2) is 125 Å². The van der Waals surface area contributed by atoms with E-state index in [9.17, 15) is 45.2 Å². The van der Waals surface area contributed by atoms with Crippen molar-refractivity contribution < 1.29 is 61.9 Å². The molecule has 4 aromatic heterocycles. The van der Waals surface area contributed by atoms with Crippen LogP contribution in [0.15, 0.2) is 55.1 Å². The summed E-state index contributed by atoms with van der Waals surface area (Å²) in [6, 6.07) is 15.3. The molecule has 2 fully saturated rings. The molecule has 25 heteroatoms. The van der Waals surface area contributed by atoms with E-state index in [-0.39, 0.29) is 52.8 Å². The Bertz CT molecular complexity index is 2750. The third kappa shape index (κ3) is 13.3. The van der Waals surface area contributed by atoms with Crippen molar-refractivity contribution in [2.24, 2.45) is 0 Å². The fourth-order valence-electron chi connectivity index (χ4n) is 9.44. The van der Waals surface area contributed by atoms with Crippen LogP contribution in [0.4, 0.5) is 16.0 Å². The van der Waals surface area contributed by atoms with E-state index in [1.54, 1.807) is 6.07 Å². The largest absolute Gasteiger partial charge is 0.475 e. The minimum absolute atomic E-state index is 0.0160. The van der Waals surface area contributed by atoms with Crippen LogP contribution < -0.4 is 11.5 Å². The van der Waals surface area contributed by atoms with Gasteiger partial charge in [-0.2, -0.15) is 26.0 Å². The number of ether oxygens (including phenoxy) is 4. The number of aromatic nitrogens is 6. The normalized spacial score (nSPS) is 24.0. The molecule has 7 rings (SSSR count). The number of rotatable bonds is 31. The number of nitrogens with two attached hydrogens (primary N) is 2. The fourth-order valence-corrected chi connectivity index (χ4v) is 10.7. The number of benzene rings is 1. The Hall–Kier alpha value is -5.75. The van der Waals surface area contributed by atoms with Gasteiger partial charge in [0.05, 0.1) is 50.0 Å². The Morgan fingerprint density at radius 1 is 0.711 bits per heavy atom. The smallest absolute Gasteiger partial charge is 0.387 e. The highest BCUT2D eigenvalue weighted by Crippen LogP contribution is 2.52. The van der Waals surface area contributed by atoms with Gasteiger partial charge in [-0.05, 0) is 48.4 Å². The molecule has 2 aliphatic rings. The van der Waals surface area contributed by atoms with Gasteiger partial charge >= 0.3 is 7.82 Å². The van der Waals surface area contributed by atoms with Gasteiger partial charge in [0.25, 0.3) is 0 Å². The quantitative estimate of drug-likeness (QED) is 0.0233. The van der Waals surface area contributed by atoms with Crippen molar-refractivity contribution in [2.45, 2.75) is 157 Å². The maximum Gasteiger partial charge on any atom is 0.475 e. The van der Waals surface area contributed by atoms with Crippen LogP contribution in [0.1, 0.15) is 119 Å². The number of hydrogen-bond acceptors (Lipinski definition) is 21. The van der Waals surface area contributed by atoms with Gasteiger partial charge < -0.3 is 50.8 Å². The van der Waals surface area contributed by atoms with Crippen LogP contribution in [0.5, 0.6) is 0 Å². The molecule has 2 aliphatic heterocycles. The number of nitrogens with zero attached hydrogens (tertiary/aromatic N) is 9. The minimum Gasteiger partial charge on any atom is -0.387 e. The molecule has 0 spiro atoms. The first kappa shape index (κ1) is 57.9. The molecule has 0 bridgehead atoms. The van der Waals surface area contributed by atoms with Crippen LogP contribution in [0, 0.1) is 39.8 Å². The molecule has 76 heavy (non-hydrogen) atoms. The number of phosphoric acid groups is 1. The van der Waals surface area contributed by atoms with E-state index in [1.165, 1.54) is 110 Å². The lowest BCUT2D eigenvalue weighted by Gasteiger charge is -2.26. The Kier molecular flexibility index (Phi) is 20.6. The van der Waals surface area contributed by atoms with Crippen molar-refractivity contribution in [2.75, 3.05) is 44.5 Å². The number of nitriles is 3. The van der Waals surface area contributed by atoms with Crippen molar-refractivity contribution in [1.29, 1.82) is 15.8 Å². The number of anilines is 2. The summed E-state index contributed by atoms with van der Waals surface area (Å²) < 4.78 is 73.4. The molecule has 0 amide bonds. The number of nitrogen functional groups attached to an aromatic ring is 2. The summed E-state index contributed by atoms with van der Waals surface area (Å²) in [6.07, 6.45) is 7.14. The first-order chi connectivity index (χ1) is 36.7. The lowest BCUT2D eigenvalue weighted by molar-refractivity contribution is -0.0802. The zero-order valence-corrected chi connectivity index (χ0v) is 43.3. The van der Waals surface area contributed by atoms with E-state index in [4.69, 9.17) is 44.0 Å². The van der Waals surface area contributed by atoms with Crippen molar-refractivity contribution in [3.8, 4) is 18.2 Å². The number of hydrogen-bond donors (Lipinski definition) is 6. The summed E-state index contributed by atoms with van der Waals surface area (Å²) in [4.78, 5) is 7.88. The van der Waals surface area contributed by atoms with Crippen molar-refractivity contribution >= 4 is 30.5 Å². The van der Waals surface area contributed by atoms with E-state index in [0.717, 1.165) is 44.4 Å². The van der Waals surface area contributed by atoms with E-state index in [2.05, 4.69) is 27.1 Å². The molecule has 0 aliphatic carbocycles. The zero-order chi connectivity index (χ0) is 54.3. The van der Waals surface area contributed by atoms with Crippen molar-refractivity contribution in [3.63, 3.8) is 0 Å². The highest BCUT2D eigenvalue weighted by atomic mass is 31.2. The van der Waals surface area contributed by atoms with Crippen LogP contribution >= 0.6 is 7.82 Å². The SMILES string of the molecule is CCCCCCCCCCCCCCCCOC[C@H](COP(=O)(OC[C@H]1O[C@@](C#N)(c2ccc3c(N)ncnn23)[C@H](O)[C@@H]1O)OC[C@H]1O[C@@](C#N)(c2ccc3c(N)ncnn23)[C@H](O)[C@@H]1O)OCc1ccc(F)c(C#N)c1. The molecule has 0 saturated carbocycles. The lowest BCUT2D eigenvalue weighted by atomic mass is 9.92. The van der Waals surface area contributed by atoms with Crippen molar-refractivity contribution in [3.05, 3.63) is 83.5 Å². The van der Waals surface area contributed by atoms with Crippen LogP contribution in [0.3, 0.4) is 0 Å². The van der Waals surface area contributed by atoms with E-state index in [1.807, 2.05) is 12.1 Å². The van der Waals surface area contributed by atoms with Crippen molar-refractivity contribution in [1.82, 2.24) is 29.2 Å². The highest BCUT2D eigenvalue weighted by molar-refractivity contribution is 7.48. The maximum atomic E-state index is 14.9. The molecular formula is C51H67FN11O12P. The van der Waals surface area contributed by atoms with Crippen LogP contribution in [-0.2, 0) is 54.9 Å². The Balaban J connectivity index is 1.04. The summed E-state index contributed by atoms with van der Waals surface area (Å²) in [5, 5.41) is 84.2. The predicted octanol–water partition coefficient (Wildman–Crippen LogP) is 5.57. The average Bonchev–Trinajstić information content (AvgIpc) is 4.21. The van der Waals surface area contributed by atoms with Gasteiger partial charge in [-0.1, -0.05) is 96.5 Å². The van der Waals surface area contributed by atoms with Crippen LogP contribution in [0.25, 0.3) is 11.0 Å². The average molecular weight is 1080 g/mol. The molecule has 9 atom stereocenters. The molecule has 410 valence electrons. The van der Waals surface area contributed by atoms with E-state index in [0.29, 0.717) is 12.2 Å². The first-order valence-electron chi connectivity index (χ1n) is 25.7. The monoisotopic (exact) mass is 1080 g/mol. The number of unbranched alkanes of at least 4 members (excludes halogenated alkanes) is 13.